The van der Waals surface area contributed by atoms with Crippen molar-refractivity contribution >= 4 is 0 Å². The second-order valence-corrected chi connectivity index (χ2v) is 6.62. The van der Waals surface area contributed by atoms with Crippen molar-refractivity contribution < 1.29 is 9.84 Å². The van der Waals surface area contributed by atoms with Crippen molar-refractivity contribution in [2.75, 3.05) is 32.8 Å². The number of aliphatic hydroxyl groups excluding tert-OH is 1. The fourth-order valence-electron chi connectivity index (χ4n) is 2.97. The minimum atomic E-state index is -0.110. The Morgan fingerprint density at radius 3 is 2.45 bits per heavy atom. The second-order valence-electron chi connectivity index (χ2n) is 6.62. The summed E-state index contributed by atoms with van der Waals surface area (Å²) >= 11 is 0. The number of nitrogens with one attached hydrogen (secondary N) is 1. The lowest BCUT2D eigenvalue weighted by molar-refractivity contribution is -0.0682. The molecule has 1 heterocycles. The summed E-state index contributed by atoms with van der Waals surface area (Å²) in [6, 6.07) is 0. The molecular formula is C16H34N2O2. The molecule has 0 aromatic heterocycles. The summed E-state index contributed by atoms with van der Waals surface area (Å²) in [7, 11) is 0. The normalized spacial score (nSPS) is 27.4. The first-order valence-corrected chi connectivity index (χ1v) is 8.23. The molecule has 0 bridgehead atoms. The lowest BCUT2D eigenvalue weighted by Gasteiger charge is -2.35. The molecule has 4 nitrogen and oxygen atoms in total. The smallest absolute Gasteiger partial charge is 0.0678 e. The molecule has 1 saturated heterocycles. The molecular weight excluding hydrogens is 252 g/mol. The molecule has 1 aliphatic heterocycles. The minimum Gasteiger partial charge on any atom is -0.394 e. The average molecular weight is 286 g/mol. The molecule has 0 aliphatic carbocycles. The number of unbranched alkanes of at least 4 members (excludes halogenated alkanes) is 1. The molecule has 4 heteroatoms. The van der Waals surface area contributed by atoms with Gasteiger partial charge in [0.25, 0.3) is 0 Å². The number of ether oxygens (including phenoxy) is 1. The van der Waals surface area contributed by atoms with Gasteiger partial charge in [0.15, 0.2) is 0 Å². The zero-order valence-corrected chi connectivity index (χ0v) is 13.8. The van der Waals surface area contributed by atoms with Crippen LogP contribution in [0, 0.1) is 0 Å². The molecule has 1 aliphatic rings. The summed E-state index contributed by atoms with van der Waals surface area (Å²) in [5, 5.41) is 13.0. The highest BCUT2D eigenvalue weighted by atomic mass is 16.5. The van der Waals surface area contributed by atoms with E-state index in [0.717, 1.165) is 45.4 Å². The molecule has 0 radical (unpaired) electrons. The zero-order chi connectivity index (χ0) is 15.0. The first-order valence-electron chi connectivity index (χ1n) is 8.23. The van der Waals surface area contributed by atoms with Gasteiger partial charge in [-0.15, -0.1) is 0 Å². The monoisotopic (exact) mass is 286 g/mol. The number of hydrogen-bond donors (Lipinski definition) is 2. The van der Waals surface area contributed by atoms with Crippen molar-refractivity contribution in [3.8, 4) is 0 Å². The third-order valence-corrected chi connectivity index (χ3v) is 4.10. The van der Waals surface area contributed by atoms with E-state index in [1.165, 1.54) is 6.42 Å². The first-order chi connectivity index (χ1) is 9.49. The fourth-order valence-corrected chi connectivity index (χ4v) is 2.97. The van der Waals surface area contributed by atoms with Gasteiger partial charge >= 0.3 is 0 Å². The van der Waals surface area contributed by atoms with E-state index in [1.807, 2.05) is 0 Å². The van der Waals surface area contributed by atoms with Crippen molar-refractivity contribution in [3.63, 3.8) is 0 Å². The van der Waals surface area contributed by atoms with E-state index in [1.54, 1.807) is 0 Å². The Bertz CT molecular complexity index is 253. The van der Waals surface area contributed by atoms with Gasteiger partial charge in [-0.2, -0.15) is 0 Å². The molecule has 0 amide bonds. The fraction of sp³-hybridized carbons (Fsp3) is 1.00. The van der Waals surface area contributed by atoms with Gasteiger partial charge in [-0.1, -0.05) is 13.3 Å². The van der Waals surface area contributed by atoms with E-state index in [4.69, 9.17) is 4.74 Å². The predicted octanol–water partition coefficient (Wildman–Crippen LogP) is 2.02. The lowest BCUT2D eigenvalue weighted by atomic mass is 9.95. The minimum absolute atomic E-state index is 0.110. The molecule has 0 aromatic carbocycles. The van der Waals surface area contributed by atoms with Crippen LogP contribution < -0.4 is 5.32 Å². The average Bonchev–Trinajstić information content (AvgIpc) is 2.40. The van der Waals surface area contributed by atoms with Gasteiger partial charge in [0.1, 0.15) is 0 Å². The molecule has 120 valence electrons. The number of aliphatic hydroxyl groups is 1. The molecule has 2 N–H and O–H groups in total. The van der Waals surface area contributed by atoms with Gasteiger partial charge in [0.05, 0.1) is 18.8 Å². The van der Waals surface area contributed by atoms with Crippen molar-refractivity contribution in [1.82, 2.24) is 10.2 Å². The molecule has 20 heavy (non-hydrogen) atoms. The van der Waals surface area contributed by atoms with Crippen molar-refractivity contribution in [1.29, 1.82) is 0 Å². The molecule has 0 spiro atoms. The maximum Gasteiger partial charge on any atom is 0.0678 e. The highest BCUT2D eigenvalue weighted by Crippen LogP contribution is 2.15. The van der Waals surface area contributed by atoms with Gasteiger partial charge in [-0.3, -0.25) is 4.90 Å². The number of rotatable bonds is 9. The Labute approximate surface area is 124 Å². The van der Waals surface area contributed by atoms with Crippen LogP contribution in [-0.4, -0.2) is 60.5 Å². The van der Waals surface area contributed by atoms with Crippen LogP contribution >= 0.6 is 0 Å². The van der Waals surface area contributed by atoms with E-state index in [2.05, 4.69) is 37.9 Å². The van der Waals surface area contributed by atoms with Crippen LogP contribution in [0.15, 0.2) is 0 Å². The lowest BCUT2D eigenvalue weighted by Crippen LogP contribution is -2.47. The molecule has 0 aromatic rings. The topological polar surface area (TPSA) is 44.7 Å². The third kappa shape index (κ3) is 6.53. The Morgan fingerprint density at radius 1 is 1.25 bits per heavy atom. The summed E-state index contributed by atoms with van der Waals surface area (Å²) in [5.41, 5.74) is -0.110. The standard InChI is InChI=1S/C16H34N2O2/c1-5-9-17-16(4,13-19)8-6-7-10-18-11-14(2)20-15(3)12-18/h14-15,17,19H,5-13H2,1-4H3. The van der Waals surface area contributed by atoms with Crippen LogP contribution in [0.3, 0.4) is 0 Å². The van der Waals surface area contributed by atoms with Crippen molar-refractivity contribution in [3.05, 3.63) is 0 Å². The maximum atomic E-state index is 9.54. The highest BCUT2D eigenvalue weighted by Gasteiger charge is 2.23. The summed E-state index contributed by atoms with van der Waals surface area (Å²) in [4.78, 5) is 2.51. The second kappa shape index (κ2) is 8.98. The van der Waals surface area contributed by atoms with Crippen LogP contribution in [0.5, 0.6) is 0 Å². The van der Waals surface area contributed by atoms with Crippen LogP contribution in [0.4, 0.5) is 0 Å². The predicted molar refractivity (Wildman–Crippen MR) is 84.1 cm³/mol. The van der Waals surface area contributed by atoms with Gasteiger partial charge in [0, 0.05) is 18.6 Å². The molecule has 1 fully saturated rings. The summed E-state index contributed by atoms with van der Waals surface area (Å²) in [6.45, 7) is 13.0. The number of hydrogen-bond acceptors (Lipinski definition) is 4. The van der Waals surface area contributed by atoms with E-state index >= 15 is 0 Å². The Hall–Kier alpha value is -0.160. The van der Waals surface area contributed by atoms with E-state index in [-0.39, 0.29) is 12.1 Å². The van der Waals surface area contributed by atoms with Crippen LogP contribution in [0.1, 0.15) is 53.4 Å². The molecule has 0 saturated carbocycles. The van der Waals surface area contributed by atoms with Crippen LogP contribution in [0.25, 0.3) is 0 Å². The molecule has 1 rings (SSSR count). The van der Waals surface area contributed by atoms with Gasteiger partial charge in [-0.05, 0) is 53.1 Å². The molecule has 3 unspecified atom stereocenters. The van der Waals surface area contributed by atoms with Gasteiger partial charge in [-0.25, -0.2) is 0 Å². The zero-order valence-electron chi connectivity index (χ0n) is 13.8. The largest absolute Gasteiger partial charge is 0.394 e. The third-order valence-electron chi connectivity index (χ3n) is 4.10. The van der Waals surface area contributed by atoms with Crippen molar-refractivity contribution in [2.24, 2.45) is 0 Å². The SMILES string of the molecule is CCCNC(C)(CO)CCCCN1CC(C)OC(C)C1. The van der Waals surface area contributed by atoms with Crippen molar-refractivity contribution in [2.45, 2.75) is 71.1 Å². The summed E-state index contributed by atoms with van der Waals surface area (Å²) in [5.74, 6) is 0. The maximum absolute atomic E-state index is 9.54. The Kier molecular flexibility index (Phi) is 8.03. The quantitative estimate of drug-likeness (QED) is 0.637. The molecule has 3 atom stereocenters. The highest BCUT2D eigenvalue weighted by molar-refractivity contribution is 4.82. The number of nitrogens with zero attached hydrogens (tertiary/aromatic N) is 1. The van der Waals surface area contributed by atoms with E-state index in [0.29, 0.717) is 12.2 Å². The number of morpholine rings is 1. The van der Waals surface area contributed by atoms with Gasteiger partial charge < -0.3 is 15.2 Å². The summed E-state index contributed by atoms with van der Waals surface area (Å²) < 4.78 is 5.75. The van der Waals surface area contributed by atoms with Crippen LogP contribution in [0.2, 0.25) is 0 Å². The van der Waals surface area contributed by atoms with E-state index < -0.39 is 0 Å². The Morgan fingerprint density at radius 2 is 1.90 bits per heavy atom. The van der Waals surface area contributed by atoms with Crippen LogP contribution in [-0.2, 0) is 4.74 Å². The van der Waals surface area contributed by atoms with E-state index in [9.17, 15) is 5.11 Å². The Balaban J connectivity index is 2.19. The summed E-state index contributed by atoms with van der Waals surface area (Å²) in [6.07, 6.45) is 5.22. The van der Waals surface area contributed by atoms with Gasteiger partial charge in [0.2, 0.25) is 0 Å². The first kappa shape index (κ1) is 17.9.